The van der Waals surface area contributed by atoms with Gasteiger partial charge in [-0.05, 0) is 56.8 Å². The number of cyclic esters (lactones) is 1. The number of hydrogen-bond acceptors (Lipinski definition) is 4. The number of piperidine rings is 1. The highest BCUT2D eigenvalue weighted by molar-refractivity contribution is 5.78. The second-order valence-corrected chi connectivity index (χ2v) is 6.49. The predicted molar refractivity (Wildman–Crippen MR) is 85.0 cm³/mol. The Labute approximate surface area is 132 Å². The van der Waals surface area contributed by atoms with E-state index in [1.807, 2.05) is 19.1 Å². The highest BCUT2D eigenvalue weighted by atomic mass is 16.6. The molecule has 4 heteroatoms. The van der Waals surface area contributed by atoms with Crippen molar-refractivity contribution in [3.63, 3.8) is 0 Å². The van der Waals surface area contributed by atoms with Crippen molar-refractivity contribution in [1.29, 1.82) is 0 Å². The lowest BCUT2D eigenvalue weighted by Crippen LogP contribution is -2.44. The second kappa shape index (κ2) is 6.69. The maximum absolute atomic E-state index is 11.9. The number of likely N-dealkylation sites (tertiary alicyclic amines) is 1. The van der Waals surface area contributed by atoms with E-state index in [0.717, 1.165) is 44.5 Å². The standard InChI is InChI=1S/C18H25NO3/c1-13-11-16(18(20)22-13)19-9-7-14(8-10-19)12-15-5-3-4-6-17(15)21-2/h3-6,13-14,16H,7-12H2,1-2H3. The van der Waals surface area contributed by atoms with E-state index < -0.39 is 0 Å². The summed E-state index contributed by atoms with van der Waals surface area (Å²) in [7, 11) is 1.73. The van der Waals surface area contributed by atoms with E-state index in [4.69, 9.17) is 9.47 Å². The molecule has 4 nitrogen and oxygen atoms in total. The lowest BCUT2D eigenvalue weighted by molar-refractivity contribution is -0.145. The molecule has 0 spiro atoms. The molecule has 2 heterocycles. The fourth-order valence-corrected chi connectivity index (χ4v) is 3.69. The van der Waals surface area contributed by atoms with Crippen LogP contribution in [0.1, 0.15) is 31.7 Å². The van der Waals surface area contributed by atoms with Gasteiger partial charge in [0, 0.05) is 6.42 Å². The highest BCUT2D eigenvalue weighted by Gasteiger charge is 2.37. The average Bonchev–Trinajstić information content (AvgIpc) is 2.87. The van der Waals surface area contributed by atoms with Crippen molar-refractivity contribution in [2.45, 2.75) is 44.8 Å². The van der Waals surface area contributed by atoms with Crippen LogP contribution in [0, 0.1) is 5.92 Å². The lowest BCUT2D eigenvalue weighted by atomic mass is 9.89. The number of carbonyl (C=O) groups excluding carboxylic acids is 1. The smallest absolute Gasteiger partial charge is 0.323 e. The van der Waals surface area contributed by atoms with Crippen LogP contribution in [0.25, 0.3) is 0 Å². The Kier molecular flexibility index (Phi) is 4.67. The first-order valence-electron chi connectivity index (χ1n) is 8.24. The molecule has 0 radical (unpaired) electrons. The quantitative estimate of drug-likeness (QED) is 0.802. The number of ether oxygens (including phenoxy) is 2. The number of benzene rings is 1. The Morgan fingerprint density at radius 3 is 2.64 bits per heavy atom. The van der Waals surface area contributed by atoms with E-state index in [-0.39, 0.29) is 18.1 Å². The molecule has 0 aliphatic carbocycles. The van der Waals surface area contributed by atoms with Gasteiger partial charge in [0.15, 0.2) is 0 Å². The summed E-state index contributed by atoms with van der Waals surface area (Å²) in [5.41, 5.74) is 1.29. The zero-order chi connectivity index (χ0) is 15.5. The van der Waals surface area contributed by atoms with Crippen molar-refractivity contribution in [2.24, 2.45) is 5.92 Å². The molecule has 2 unspecified atom stereocenters. The summed E-state index contributed by atoms with van der Waals surface area (Å²) in [5.74, 6) is 1.62. The van der Waals surface area contributed by atoms with E-state index >= 15 is 0 Å². The van der Waals surface area contributed by atoms with Crippen molar-refractivity contribution in [2.75, 3.05) is 20.2 Å². The van der Waals surface area contributed by atoms with Crippen molar-refractivity contribution in [3.8, 4) is 5.75 Å². The van der Waals surface area contributed by atoms with Gasteiger partial charge in [0.25, 0.3) is 0 Å². The third-order valence-electron chi connectivity index (χ3n) is 4.94. The van der Waals surface area contributed by atoms with E-state index in [9.17, 15) is 4.79 Å². The highest BCUT2D eigenvalue weighted by Crippen LogP contribution is 2.29. The van der Waals surface area contributed by atoms with Crippen LogP contribution in [0.3, 0.4) is 0 Å². The first kappa shape index (κ1) is 15.3. The van der Waals surface area contributed by atoms with Crippen LogP contribution < -0.4 is 4.74 Å². The van der Waals surface area contributed by atoms with Gasteiger partial charge in [-0.2, -0.15) is 0 Å². The molecule has 2 fully saturated rings. The van der Waals surface area contributed by atoms with Crippen molar-refractivity contribution >= 4 is 5.97 Å². The molecule has 0 amide bonds. The molecule has 0 bridgehead atoms. The monoisotopic (exact) mass is 303 g/mol. The number of esters is 1. The molecule has 2 atom stereocenters. The second-order valence-electron chi connectivity index (χ2n) is 6.49. The van der Waals surface area contributed by atoms with Crippen molar-refractivity contribution in [3.05, 3.63) is 29.8 Å². The summed E-state index contributed by atoms with van der Waals surface area (Å²) < 4.78 is 10.7. The number of hydrogen-bond donors (Lipinski definition) is 0. The van der Waals surface area contributed by atoms with Gasteiger partial charge < -0.3 is 9.47 Å². The van der Waals surface area contributed by atoms with Gasteiger partial charge in [0.1, 0.15) is 17.9 Å². The van der Waals surface area contributed by atoms with Crippen LogP contribution in [0.5, 0.6) is 5.75 Å². The molecule has 2 aliphatic heterocycles. The minimum absolute atomic E-state index is 0.0118. The molecule has 2 aliphatic rings. The Morgan fingerprint density at radius 1 is 1.27 bits per heavy atom. The summed E-state index contributed by atoms with van der Waals surface area (Å²) in [4.78, 5) is 14.2. The van der Waals surface area contributed by atoms with Gasteiger partial charge in [-0.15, -0.1) is 0 Å². The molecule has 1 aromatic rings. The molecule has 1 aromatic carbocycles. The molecule has 22 heavy (non-hydrogen) atoms. The Hall–Kier alpha value is -1.55. The maximum atomic E-state index is 11.9. The third-order valence-corrected chi connectivity index (χ3v) is 4.94. The molecule has 0 saturated carbocycles. The number of methoxy groups -OCH3 is 1. The number of rotatable bonds is 4. The molecule has 2 saturated heterocycles. The molecule has 0 N–H and O–H groups in total. The fourth-order valence-electron chi connectivity index (χ4n) is 3.69. The Bertz CT molecular complexity index is 523. The molecule has 3 rings (SSSR count). The fraction of sp³-hybridized carbons (Fsp3) is 0.611. The van der Waals surface area contributed by atoms with Gasteiger partial charge in [0.05, 0.1) is 7.11 Å². The van der Waals surface area contributed by atoms with Gasteiger partial charge in [-0.3, -0.25) is 9.69 Å². The summed E-state index contributed by atoms with van der Waals surface area (Å²) in [6.07, 6.45) is 4.25. The lowest BCUT2D eigenvalue weighted by Gasteiger charge is -2.34. The van der Waals surface area contributed by atoms with Gasteiger partial charge in [0.2, 0.25) is 0 Å². The number of para-hydroxylation sites is 1. The van der Waals surface area contributed by atoms with Crippen LogP contribution in [0.2, 0.25) is 0 Å². The summed E-state index contributed by atoms with van der Waals surface area (Å²) >= 11 is 0. The third kappa shape index (κ3) is 3.27. The zero-order valence-corrected chi connectivity index (χ0v) is 13.5. The Balaban J connectivity index is 1.55. The van der Waals surface area contributed by atoms with Gasteiger partial charge in [-0.25, -0.2) is 0 Å². The Morgan fingerprint density at radius 2 is 2.00 bits per heavy atom. The summed E-state index contributed by atoms with van der Waals surface area (Å²) in [5, 5.41) is 0. The minimum atomic E-state index is -0.0318. The van der Waals surface area contributed by atoms with Crippen molar-refractivity contribution in [1.82, 2.24) is 4.90 Å². The first-order valence-corrected chi connectivity index (χ1v) is 8.24. The largest absolute Gasteiger partial charge is 0.496 e. The summed E-state index contributed by atoms with van der Waals surface area (Å²) in [6.45, 7) is 3.96. The van der Waals surface area contributed by atoms with E-state index in [0.29, 0.717) is 5.92 Å². The van der Waals surface area contributed by atoms with Crippen LogP contribution >= 0.6 is 0 Å². The number of nitrogens with zero attached hydrogens (tertiary/aromatic N) is 1. The average molecular weight is 303 g/mol. The van der Waals surface area contributed by atoms with Gasteiger partial charge in [-0.1, -0.05) is 18.2 Å². The van der Waals surface area contributed by atoms with Crippen LogP contribution in [-0.4, -0.2) is 43.2 Å². The topological polar surface area (TPSA) is 38.8 Å². The normalized spacial score (nSPS) is 26.9. The SMILES string of the molecule is COc1ccccc1CC1CCN(C2CC(C)OC2=O)CC1. The van der Waals surface area contributed by atoms with Gasteiger partial charge >= 0.3 is 5.97 Å². The molecular formula is C18H25NO3. The van der Waals surface area contributed by atoms with E-state index in [2.05, 4.69) is 17.0 Å². The number of carbonyl (C=O) groups is 1. The van der Waals surface area contributed by atoms with Crippen LogP contribution in [0.4, 0.5) is 0 Å². The van der Waals surface area contributed by atoms with E-state index in [1.165, 1.54) is 5.56 Å². The van der Waals surface area contributed by atoms with Crippen molar-refractivity contribution < 1.29 is 14.3 Å². The first-order chi connectivity index (χ1) is 10.7. The molecule has 120 valence electrons. The van der Waals surface area contributed by atoms with Crippen LogP contribution in [0.15, 0.2) is 24.3 Å². The predicted octanol–water partition coefficient (Wildman–Crippen LogP) is 2.65. The van der Waals surface area contributed by atoms with E-state index in [1.54, 1.807) is 7.11 Å². The minimum Gasteiger partial charge on any atom is -0.496 e. The zero-order valence-electron chi connectivity index (χ0n) is 13.5. The molecular weight excluding hydrogens is 278 g/mol. The maximum Gasteiger partial charge on any atom is 0.323 e. The van der Waals surface area contributed by atoms with Crippen LogP contribution in [-0.2, 0) is 16.0 Å². The molecule has 0 aromatic heterocycles. The summed E-state index contributed by atoms with van der Waals surface area (Å²) in [6, 6.07) is 8.25.